The molecule has 1 aromatic carbocycles. The summed E-state index contributed by atoms with van der Waals surface area (Å²) in [5.41, 5.74) is 3.75. The second-order valence-corrected chi connectivity index (χ2v) is 6.82. The van der Waals surface area contributed by atoms with Gasteiger partial charge in [0, 0.05) is 56.0 Å². The second kappa shape index (κ2) is 7.25. The van der Waals surface area contributed by atoms with Crippen molar-refractivity contribution in [2.24, 2.45) is 0 Å². The SMILES string of the molecule is Cc1cnc(C(=O)N2CCCN(Cc3cccc4[nH]ccc34)CC2)cn1. The first-order valence-corrected chi connectivity index (χ1v) is 9.06. The van der Waals surface area contributed by atoms with Crippen molar-refractivity contribution in [3.8, 4) is 0 Å². The highest BCUT2D eigenvalue weighted by Gasteiger charge is 2.21. The van der Waals surface area contributed by atoms with Gasteiger partial charge < -0.3 is 9.88 Å². The number of H-pyrrole nitrogens is 1. The Kier molecular flexibility index (Phi) is 4.67. The van der Waals surface area contributed by atoms with E-state index in [0.29, 0.717) is 5.69 Å². The monoisotopic (exact) mass is 349 g/mol. The molecular weight excluding hydrogens is 326 g/mol. The molecular formula is C20H23N5O. The van der Waals surface area contributed by atoms with Gasteiger partial charge in [0.05, 0.1) is 11.9 Å². The number of nitrogens with zero attached hydrogens (tertiary/aromatic N) is 4. The van der Waals surface area contributed by atoms with Gasteiger partial charge in [0.15, 0.2) is 0 Å². The van der Waals surface area contributed by atoms with Crippen LogP contribution in [0.25, 0.3) is 10.9 Å². The van der Waals surface area contributed by atoms with Gasteiger partial charge in [-0.05, 0) is 31.0 Å². The fraction of sp³-hybridized carbons (Fsp3) is 0.350. The Labute approximate surface area is 152 Å². The molecule has 0 radical (unpaired) electrons. The summed E-state index contributed by atoms with van der Waals surface area (Å²) in [5, 5.41) is 1.28. The minimum absolute atomic E-state index is 0.0212. The first-order valence-electron chi connectivity index (χ1n) is 9.06. The Morgan fingerprint density at radius 3 is 2.88 bits per heavy atom. The fourth-order valence-corrected chi connectivity index (χ4v) is 3.53. The third kappa shape index (κ3) is 3.46. The Hall–Kier alpha value is -2.73. The van der Waals surface area contributed by atoms with Crippen LogP contribution in [0.4, 0.5) is 0 Å². The number of fused-ring (bicyclic) bond motifs is 1. The molecule has 3 aromatic rings. The number of carbonyl (C=O) groups excluding carboxylic acids is 1. The molecule has 1 aliphatic rings. The van der Waals surface area contributed by atoms with Crippen LogP contribution in [0.3, 0.4) is 0 Å². The maximum Gasteiger partial charge on any atom is 0.274 e. The Morgan fingerprint density at radius 1 is 1.12 bits per heavy atom. The number of rotatable bonds is 3. The molecule has 1 amide bonds. The topological polar surface area (TPSA) is 65.1 Å². The van der Waals surface area contributed by atoms with Crippen molar-refractivity contribution in [1.82, 2.24) is 24.8 Å². The Balaban J connectivity index is 1.42. The molecule has 0 bridgehead atoms. The summed E-state index contributed by atoms with van der Waals surface area (Å²) in [4.78, 5) is 28.7. The van der Waals surface area contributed by atoms with Gasteiger partial charge in [-0.15, -0.1) is 0 Å². The number of hydrogen-bond acceptors (Lipinski definition) is 4. The van der Waals surface area contributed by atoms with Crippen molar-refractivity contribution in [1.29, 1.82) is 0 Å². The maximum atomic E-state index is 12.7. The molecule has 0 aliphatic carbocycles. The molecule has 1 aliphatic heterocycles. The van der Waals surface area contributed by atoms with E-state index in [-0.39, 0.29) is 5.91 Å². The van der Waals surface area contributed by atoms with Crippen LogP contribution in [0.1, 0.15) is 28.2 Å². The van der Waals surface area contributed by atoms with E-state index < -0.39 is 0 Å². The summed E-state index contributed by atoms with van der Waals surface area (Å²) >= 11 is 0. The van der Waals surface area contributed by atoms with E-state index >= 15 is 0 Å². The summed E-state index contributed by atoms with van der Waals surface area (Å²) in [6.45, 7) is 6.12. The van der Waals surface area contributed by atoms with Gasteiger partial charge in [0.25, 0.3) is 5.91 Å². The molecule has 4 rings (SSSR count). The number of amides is 1. The number of aryl methyl sites for hydroxylation is 1. The quantitative estimate of drug-likeness (QED) is 0.789. The molecule has 1 saturated heterocycles. The minimum atomic E-state index is -0.0212. The molecule has 0 saturated carbocycles. The number of benzene rings is 1. The van der Waals surface area contributed by atoms with Crippen molar-refractivity contribution in [3.05, 3.63) is 59.8 Å². The second-order valence-electron chi connectivity index (χ2n) is 6.82. The predicted molar refractivity (Wildman–Crippen MR) is 101 cm³/mol. The van der Waals surface area contributed by atoms with Crippen molar-refractivity contribution in [3.63, 3.8) is 0 Å². The van der Waals surface area contributed by atoms with Gasteiger partial charge in [0.2, 0.25) is 0 Å². The molecule has 0 unspecified atom stereocenters. The van der Waals surface area contributed by atoms with Gasteiger partial charge in [-0.1, -0.05) is 12.1 Å². The Morgan fingerprint density at radius 2 is 2.04 bits per heavy atom. The van der Waals surface area contributed by atoms with E-state index in [2.05, 4.69) is 44.1 Å². The van der Waals surface area contributed by atoms with Gasteiger partial charge in [0.1, 0.15) is 5.69 Å². The number of nitrogens with one attached hydrogen (secondary N) is 1. The molecule has 6 heteroatoms. The normalized spacial score (nSPS) is 16.0. The van der Waals surface area contributed by atoms with Crippen LogP contribution in [0.15, 0.2) is 42.9 Å². The summed E-state index contributed by atoms with van der Waals surface area (Å²) in [7, 11) is 0. The lowest BCUT2D eigenvalue weighted by molar-refractivity contribution is 0.0754. The lowest BCUT2D eigenvalue weighted by atomic mass is 10.1. The lowest BCUT2D eigenvalue weighted by Crippen LogP contribution is -2.35. The fourth-order valence-electron chi connectivity index (χ4n) is 3.53. The van der Waals surface area contributed by atoms with Gasteiger partial charge in [-0.25, -0.2) is 4.98 Å². The van der Waals surface area contributed by atoms with Gasteiger partial charge in [-0.2, -0.15) is 0 Å². The minimum Gasteiger partial charge on any atom is -0.361 e. The average Bonchev–Trinajstić information content (AvgIpc) is 3.02. The Bertz CT molecular complexity index is 902. The first-order chi connectivity index (χ1) is 12.7. The van der Waals surface area contributed by atoms with E-state index in [0.717, 1.165) is 44.8 Å². The molecule has 134 valence electrons. The zero-order chi connectivity index (χ0) is 17.9. The summed E-state index contributed by atoms with van der Waals surface area (Å²) in [6, 6.07) is 8.52. The van der Waals surface area contributed by atoms with E-state index in [1.54, 1.807) is 12.4 Å². The van der Waals surface area contributed by atoms with Gasteiger partial charge in [-0.3, -0.25) is 14.7 Å². The number of carbonyl (C=O) groups is 1. The van der Waals surface area contributed by atoms with Crippen LogP contribution in [-0.2, 0) is 6.54 Å². The molecule has 3 heterocycles. The average molecular weight is 349 g/mol. The molecule has 0 atom stereocenters. The van der Waals surface area contributed by atoms with Crippen molar-refractivity contribution in [2.45, 2.75) is 19.9 Å². The highest BCUT2D eigenvalue weighted by atomic mass is 16.2. The molecule has 0 spiro atoms. The van der Waals surface area contributed by atoms with Crippen molar-refractivity contribution in [2.75, 3.05) is 26.2 Å². The van der Waals surface area contributed by atoms with E-state index in [1.807, 2.05) is 18.0 Å². The van der Waals surface area contributed by atoms with Crippen LogP contribution in [0.5, 0.6) is 0 Å². The first kappa shape index (κ1) is 16.7. The predicted octanol–water partition coefficient (Wildman–Crippen LogP) is 2.61. The van der Waals surface area contributed by atoms with E-state index in [9.17, 15) is 4.79 Å². The van der Waals surface area contributed by atoms with Crippen LogP contribution < -0.4 is 0 Å². The maximum absolute atomic E-state index is 12.7. The van der Waals surface area contributed by atoms with Crippen molar-refractivity contribution >= 4 is 16.8 Å². The smallest absolute Gasteiger partial charge is 0.274 e. The zero-order valence-corrected chi connectivity index (χ0v) is 15.0. The number of aromatic nitrogens is 3. The molecule has 2 aromatic heterocycles. The van der Waals surface area contributed by atoms with E-state index in [4.69, 9.17) is 0 Å². The zero-order valence-electron chi connectivity index (χ0n) is 15.0. The number of aromatic amines is 1. The largest absolute Gasteiger partial charge is 0.361 e. The standard InChI is InChI=1S/C20H23N5O/c1-15-12-23-19(13-22-15)20(26)25-9-3-8-24(10-11-25)14-16-4-2-5-18-17(16)6-7-21-18/h2,4-7,12-13,21H,3,8-11,14H2,1H3. The molecule has 1 N–H and O–H groups in total. The van der Waals surface area contributed by atoms with Gasteiger partial charge >= 0.3 is 0 Å². The third-order valence-electron chi connectivity index (χ3n) is 4.95. The molecule has 6 nitrogen and oxygen atoms in total. The van der Waals surface area contributed by atoms with Crippen LogP contribution >= 0.6 is 0 Å². The molecule has 1 fully saturated rings. The third-order valence-corrected chi connectivity index (χ3v) is 4.95. The highest BCUT2D eigenvalue weighted by Crippen LogP contribution is 2.20. The number of hydrogen-bond donors (Lipinski definition) is 1. The lowest BCUT2D eigenvalue weighted by Gasteiger charge is -2.22. The van der Waals surface area contributed by atoms with Crippen LogP contribution in [0.2, 0.25) is 0 Å². The summed E-state index contributed by atoms with van der Waals surface area (Å²) in [6.07, 6.45) is 6.18. The van der Waals surface area contributed by atoms with Crippen LogP contribution in [-0.4, -0.2) is 56.8 Å². The van der Waals surface area contributed by atoms with E-state index in [1.165, 1.54) is 16.5 Å². The summed E-state index contributed by atoms with van der Waals surface area (Å²) < 4.78 is 0. The highest BCUT2D eigenvalue weighted by molar-refractivity contribution is 5.92. The van der Waals surface area contributed by atoms with Crippen molar-refractivity contribution < 1.29 is 4.79 Å². The summed E-state index contributed by atoms with van der Waals surface area (Å²) in [5.74, 6) is -0.0212. The molecule has 26 heavy (non-hydrogen) atoms. The van der Waals surface area contributed by atoms with Crippen LogP contribution in [0, 0.1) is 6.92 Å².